The molecule has 82 valence electrons. The Morgan fingerprint density at radius 1 is 1.25 bits per heavy atom. The van der Waals surface area contributed by atoms with Gasteiger partial charge >= 0.3 is 0 Å². The van der Waals surface area contributed by atoms with Crippen molar-refractivity contribution in [3.05, 3.63) is 42.4 Å². The number of hydrogen-bond acceptors (Lipinski definition) is 1. The highest BCUT2D eigenvalue weighted by molar-refractivity contribution is 5.83. The predicted molar refractivity (Wildman–Crippen MR) is 63.7 cm³/mol. The van der Waals surface area contributed by atoms with E-state index in [2.05, 4.69) is 16.0 Å². The van der Waals surface area contributed by atoms with Crippen LogP contribution in [0.25, 0.3) is 16.6 Å². The van der Waals surface area contributed by atoms with Gasteiger partial charge in [0.15, 0.2) is 0 Å². The highest BCUT2D eigenvalue weighted by Crippen LogP contribution is 2.22. The van der Waals surface area contributed by atoms with Crippen LogP contribution in [-0.4, -0.2) is 17.7 Å². The second-order valence-electron chi connectivity index (χ2n) is 4.04. The van der Waals surface area contributed by atoms with Crippen LogP contribution < -0.4 is 5.32 Å². The molecule has 2 aromatic rings. The summed E-state index contributed by atoms with van der Waals surface area (Å²) in [6.07, 6.45) is 5.22. The van der Waals surface area contributed by atoms with Crippen molar-refractivity contribution in [2.24, 2.45) is 0 Å². The molecule has 0 amide bonds. The maximum absolute atomic E-state index is 13.1. The van der Waals surface area contributed by atoms with Gasteiger partial charge in [0.25, 0.3) is 0 Å². The summed E-state index contributed by atoms with van der Waals surface area (Å²) in [4.78, 5) is 0. The Kier molecular flexibility index (Phi) is 2.26. The summed E-state index contributed by atoms with van der Waals surface area (Å²) in [5, 5.41) is 4.24. The molecule has 3 rings (SSSR count). The van der Waals surface area contributed by atoms with E-state index < -0.39 is 0 Å². The van der Waals surface area contributed by atoms with Gasteiger partial charge in [-0.3, -0.25) is 0 Å². The third kappa shape index (κ3) is 1.53. The average molecular weight is 216 g/mol. The van der Waals surface area contributed by atoms with Crippen LogP contribution in [0, 0.1) is 5.82 Å². The fourth-order valence-electron chi connectivity index (χ4n) is 2.19. The molecule has 2 heterocycles. The van der Waals surface area contributed by atoms with Crippen LogP contribution in [0.3, 0.4) is 0 Å². The minimum Gasteiger partial charge on any atom is -0.321 e. The lowest BCUT2D eigenvalue weighted by molar-refractivity contribution is 0.629. The van der Waals surface area contributed by atoms with E-state index in [0.29, 0.717) is 0 Å². The molecular formula is C13H13FN2. The van der Waals surface area contributed by atoms with Gasteiger partial charge in [-0.05, 0) is 24.3 Å². The smallest absolute Gasteiger partial charge is 0.123 e. The number of nitrogens with one attached hydrogen (secondary N) is 1. The molecule has 0 spiro atoms. The molecule has 1 aliphatic rings. The van der Waals surface area contributed by atoms with Crippen LogP contribution in [-0.2, 0) is 0 Å². The zero-order chi connectivity index (χ0) is 11.0. The number of aromatic nitrogens is 1. The summed E-state index contributed by atoms with van der Waals surface area (Å²) >= 11 is 0. The van der Waals surface area contributed by atoms with Crippen molar-refractivity contribution in [3.63, 3.8) is 0 Å². The summed E-state index contributed by atoms with van der Waals surface area (Å²) < 4.78 is 15.2. The molecule has 0 aliphatic carbocycles. The number of fused-ring (bicyclic) bond motifs is 1. The third-order valence-electron chi connectivity index (χ3n) is 3.00. The molecule has 0 bridgehead atoms. The Bertz CT molecular complexity index is 554. The second kappa shape index (κ2) is 3.76. The molecule has 0 fully saturated rings. The Hall–Kier alpha value is -1.61. The lowest BCUT2D eigenvalue weighted by atomic mass is 10.2. The van der Waals surface area contributed by atoms with Gasteiger partial charge in [0.2, 0.25) is 0 Å². The van der Waals surface area contributed by atoms with Gasteiger partial charge in [0, 0.05) is 36.8 Å². The van der Waals surface area contributed by atoms with Crippen LogP contribution in [0.4, 0.5) is 4.39 Å². The molecule has 0 unspecified atom stereocenters. The van der Waals surface area contributed by atoms with E-state index in [4.69, 9.17) is 0 Å². The zero-order valence-electron chi connectivity index (χ0n) is 8.91. The van der Waals surface area contributed by atoms with E-state index in [-0.39, 0.29) is 5.82 Å². The Labute approximate surface area is 93.4 Å². The summed E-state index contributed by atoms with van der Waals surface area (Å²) in [6.45, 7) is 1.92. The fraction of sp³-hybridized carbons (Fsp3) is 0.231. The Morgan fingerprint density at radius 2 is 2.19 bits per heavy atom. The SMILES string of the molecule is Fc1ccc2c(ccn2C2=CCNCC2)c1. The molecule has 1 aliphatic heterocycles. The predicted octanol–water partition coefficient (Wildman–Crippen LogP) is 2.61. The number of rotatable bonds is 1. The van der Waals surface area contributed by atoms with Crippen molar-refractivity contribution in [2.75, 3.05) is 13.1 Å². The van der Waals surface area contributed by atoms with Gasteiger partial charge in [-0.2, -0.15) is 0 Å². The molecule has 3 heteroatoms. The highest BCUT2D eigenvalue weighted by atomic mass is 19.1. The van der Waals surface area contributed by atoms with Gasteiger partial charge in [-0.15, -0.1) is 0 Å². The van der Waals surface area contributed by atoms with E-state index in [1.54, 1.807) is 6.07 Å². The maximum atomic E-state index is 13.1. The standard InChI is InChI=1S/C13H13FN2/c14-11-1-2-13-10(9-11)5-8-16(13)12-3-6-15-7-4-12/h1-3,5,8-9,15H,4,6-7H2. The third-order valence-corrected chi connectivity index (χ3v) is 3.00. The van der Waals surface area contributed by atoms with Crippen molar-refractivity contribution in [1.82, 2.24) is 9.88 Å². The number of nitrogens with zero attached hydrogens (tertiary/aromatic N) is 1. The molecule has 0 atom stereocenters. The molecule has 0 radical (unpaired) electrons. The normalized spacial score (nSPS) is 16.4. The van der Waals surface area contributed by atoms with Crippen LogP contribution in [0.15, 0.2) is 36.5 Å². The summed E-state index contributed by atoms with van der Waals surface area (Å²) in [6, 6.07) is 6.89. The van der Waals surface area contributed by atoms with Gasteiger partial charge in [-0.25, -0.2) is 4.39 Å². The van der Waals surface area contributed by atoms with E-state index in [0.717, 1.165) is 30.4 Å². The van der Waals surface area contributed by atoms with Crippen molar-refractivity contribution < 1.29 is 4.39 Å². The Morgan fingerprint density at radius 3 is 3.00 bits per heavy atom. The zero-order valence-corrected chi connectivity index (χ0v) is 8.91. The number of benzene rings is 1. The first-order valence-corrected chi connectivity index (χ1v) is 5.51. The van der Waals surface area contributed by atoms with Crippen LogP contribution in [0.5, 0.6) is 0 Å². The molecule has 2 nitrogen and oxygen atoms in total. The van der Waals surface area contributed by atoms with Crippen molar-refractivity contribution in [1.29, 1.82) is 0 Å². The van der Waals surface area contributed by atoms with Gasteiger partial charge in [0.05, 0.1) is 5.52 Å². The lowest BCUT2D eigenvalue weighted by Gasteiger charge is -2.16. The van der Waals surface area contributed by atoms with Crippen molar-refractivity contribution >= 4 is 16.6 Å². The van der Waals surface area contributed by atoms with E-state index in [1.165, 1.54) is 11.8 Å². The molecule has 1 aromatic carbocycles. The van der Waals surface area contributed by atoms with E-state index in [1.807, 2.05) is 18.3 Å². The summed E-state index contributed by atoms with van der Waals surface area (Å²) in [5.74, 6) is -0.176. The van der Waals surface area contributed by atoms with Gasteiger partial charge in [0.1, 0.15) is 5.82 Å². The average Bonchev–Trinajstić information content (AvgIpc) is 2.73. The van der Waals surface area contributed by atoms with Gasteiger partial charge < -0.3 is 9.88 Å². The molecule has 1 N–H and O–H groups in total. The minimum absolute atomic E-state index is 0.176. The minimum atomic E-state index is -0.176. The lowest BCUT2D eigenvalue weighted by Crippen LogP contribution is -2.21. The van der Waals surface area contributed by atoms with Gasteiger partial charge in [-0.1, -0.05) is 6.08 Å². The molecule has 0 saturated heterocycles. The monoisotopic (exact) mass is 216 g/mol. The molecule has 16 heavy (non-hydrogen) atoms. The largest absolute Gasteiger partial charge is 0.321 e. The first kappa shape index (κ1) is 9.60. The van der Waals surface area contributed by atoms with Crippen molar-refractivity contribution in [2.45, 2.75) is 6.42 Å². The number of halogens is 1. The summed E-state index contributed by atoms with van der Waals surface area (Å²) in [5.41, 5.74) is 2.37. The fourth-order valence-corrected chi connectivity index (χ4v) is 2.19. The summed E-state index contributed by atoms with van der Waals surface area (Å²) in [7, 11) is 0. The van der Waals surface area contributed by atoms with Crippen LogP contribution in [0.1, 0.15) is 6.42 Å². The van der Waals surface area contributed by atoms with E-state index >= 15 is 0 Å². The van der Waals surface area contributed by atoms with Crippen LogP contribution >= 0.6 is 0 Å². The van der Waals surface area contributed by atoms with Crippen LogP contribution in [0.2, 0.25) is 0 Å². The van der Waals surface area contributed by atoms with Crippen molar-refractivity contribution in [3.8, 4) is 0 Å². The Balaban J connectivity index is 2.13. The first-order valence-electron chi connectivity index (χ1n) is 5.51. The molecular weight excluding hydrogens is 203 g/mol. The molecule has 0 saturated carbocycles. The molecule has 1 aromatic heterocycles. The second-order valence-corrected chi connectivity index (χ2v) is 4.04. The maximum Gasteiger partial charge on any atom is 0.123 e. The van der Waals surface area contributed by atoms with E-state index in [9.17, 15) is 4.39 Å². The quantitative estimate of drug-likeness (QED) is 0.775. The number of hydrogen-bond donors (Lipinski definition) is 1. The highest BCUT2D eigenvalue weighted by Gasteiger charge is 2.08. The first-order chi connectivity index (χ1) is 7.84. The topological polar surface area (TPSA) is 17.0 Å².